The lowest BCUT2D eigenvalue weighted by atomic mass is 9.82. The van der Waals surface area contributed by atoms with Gasteiger partial charge in [-0.25, -0.2) is 4.79 Å². The number of ether oxygens (including phenoxy) is 1. The SMILES string of the molecule is O=C(NCC1(CO)CCc2ccccc21)OCc1ccccc1. The van der Waals surface area contributed by atoms with Crippen LogP contribution in [0.3, 0.4) is 0 Å². The average Bonchev–Trinajstić information content (AvgIpc) is 2.98. The van der Waals surface area contributed by atoms with Crippen molar-refractivity contribution in [3.8, 4) is 0 Å². The Morgan fingerprint density at radius 1 is 1.13 bits per heavy atom. The standard InChI is InChI=1S/C19H21NO3/c21-14-19(11-10-16-8-4-5-9-17(16)19)13-20-18(22)23-12-15-6-2-1-3-7-15/h1-9,21H,10-14H2,(H,20,22). The molecular formula is C19H21NO3. The average molecular weight is 311 g/mol. The van der Waals surface area contributed by atoms with Crippen LogP contribution in [0, 0.1) is 0 Å². The Kier molecular flexibility index (Phi) is 4.63. The molecule has 2 aromatic carbocycles. The van der Waals surface area contributed by atoms with Crippen LogP contribution in [-0.2, 0) is 23.2 Å². The number of amides is 1. The van der Waals surface area contributed by atoms with E-state index in [-0.39, 0.29) is 13.2 Å². The van der Waals surface area contributed by atoms with Gasteiger partial charge in [-0.15, -0.1) is 0 Å². The zero-order valence-electron chi connectivity index (χ0n) is 13.0. The van der Waals surface area contributed by atoms with E-state index in [2.05, 4.69) is 11.4 Å². The van der Waals surface area contributed by atoms with Crippen molar-refractivity contribution in [2.75, 3.05) is 13.2 Å². The predicted molar refractivity (Wildman–Crippen MR) is 88.2 cm³/mol. The van der Waals surface area contributed by atoms with Gasteiger partial charge in [0.25, 0.3) is 0 Å². The van der Waals surface area contributed by atoms with Crippen molar-refractivity contribution in [3.05, 3.63) is 71.3 Å². The molecule has 0 saturated carbocycles. The number of carbonyl (C=O) groups excluding carboxylic acids is 1. The first kappa shape index (κ1) is 15.6. The number of nitrogens with one attached hydrogen (secondary N) is 1. The van der Waals surface area contributed by atoms with Crippen molar-refractivity contribution in [2.24, 2.45) is 0 Å². The van der Waals surface area contributed by atoms with Gasteiger partial charge < -0.3 is 15.2 Å². The molecule has 4 heteroatoms. The van der Waals surface area contributed by atoms with E-state index in [0.717, 1.165) is 24.0 Å². The second-order valence-corrected chi connectivity index (χ2v) is 6.01. The maximum atomic E-state index is 11.9. The molecule has 1 aliphatic carbocycles. The molecule has 0 radical (unpaired) electrons. The number of benzene rings is 2. The van der Waals surface area contributed by atoms with Crippen LogP contribution in [0.5, 0.6) is 0 Å². The highest BCUT2D eigenvalue weighted by Gasteiger charge is 2.38. The molecule has 4 nitrogen and oxygen atoms in total. The minimum atomic E-state index is -0.453. The summed E-state index contributed by atoms with van der Waals surface area (Å²) >= 11 is 0. The molecule has 2 N–H and O–H groups in total. The smallest absolute Gasteiger partial charge is 0.407 e. The Bertz CT molecular complexity index is 671. The van der Waals surface area contributed by atoms with Gasteiger partial charge in [0.05, 0.1) is 6.61 Å². The molecule has 23 heavy (non-hydrogen) atoms. The van der Waals surface area contributed by atoms with Crippen LogP contribution in [0.25, 0.3) is 0 Å². The number of fused-ring (bicyclic) bond motifs is 1. The fourth-order valence-corrected chi connectivity index (χ4v) is 3.18. The predicted octanol–water partition coefficient (Wildman–Crippen LogP) is 2.79. The summed E-state index contributed by atoms with van der Waals surface area (Å²) in [6.07, 6.45) is 1.31. The van der Waals surface area contributed by atoms with E-state index in [4.69, 9.17) is 4.74 Å². The lowest BCUT2D eigenvalue weighted by molar-refractivity contribution is 0.131. The molecule has 0 fully saturated rings. The Labute approximate surface area is 136 Å². The van der Waals surface area contributed by atoms with Crippen LogP contribution in [0.15, 0.2) is 54.6 Å². The van der Waals surface area contributed by atoms with Crippen LogP contribution in [0.2, 0.25) is 0 Å². The van der Waals surface area contributed by atoms with E-state index in [1.54, 1.807) is 0 Å². The molecule has 0 heterocycles. The van der Waals surface area contributed by atoms with Crippen molar-refractivity contribution >= 4 is 6.09 Å². The van der Waals surface area contributed by atoms with Gasteiger partial charge in [-0.1, -0.05) is 54.6 Å². The van der Waals surface area contributed by atoms with E-state index < -0.39 is 11.5 Å². The number of aryl methyl sites for hydroxylation is 1. The number of aliphatic hydroxyl groups excluding tert-OH is 1. The summed E-state index contributed by atoms with van der Waals surface area (Å²) in [5.41, 5.74) is 2.93. The maximum absolute atomic E-state index is 11.9. The molecule has 0 aromatic heterocycles. The summed E-state index contributed by atoms with van der Waals surface area (Å²) in [5.74, 6) is 0. The molecule has 3 rings (SSSR count). The number of rotatable bonds is 5. The van der Waals surface area contributed by atoms with Crippen molar-refractivity contribution in [1.29, 1.82) is 0 Å². The van der Waals surface area contributed by atoms with Crippen molar-refractivity contribution in [1.82, 2.24) is 5.32 Å². The quantitative estimate of drug-likeness (QED) is 0.892. The first-order valence-electron chi connectivity index (χ1n) is 7.87. The number of hydrogen-bond acceptors (Lipinski definition) is 3. The van der Waals surface area contributed by atoms with Gasteiger partial charge in [0.2, 0.25) is 0 Å². The van der Waals surface area contributed by atoms with E-state index in [1.165, 1.54) is 5.56 Å². The second kappa shape index (κ2) is 6.84. The molecule has 1 aliphatic rings. The third kappa shape index (κ3) is 3.37. The van der Waals surface area contributed by atoms with E-state index in [0.29, 0.717) is 6.54 Å². The summed E-state index contributed by atoms with van der Waals surface area (Å²) in [4.78, 5) is 11.9. The Hall–Kier alpha value is -2.33. The minimum absolute atomic E-state index is 0.0168. The maximum Gasteiger partial charge on any atom is 0.407 e. The molecule has 2 aromatic rings. The third-order valence-electron chi connectivity index (χ3n) is 4.55. The lowest BCUT2D eigenvalue weighted by Crippen LogP contribution is -2.42. The van der Waals surface area contributed by atoms with Crippen LogP contribution < -0.4 is 5.32 Å². The first-order valence-corrected chi connectivity index (χ1v) is 7.87. The number of carbonyl (C=O) groups is 1. The highest BCUT2D eigenvalue weighted by molar-refractivity contribution is 5.67. The van der Waals surface area contributed by atoms with Crippen LogP contribution in [0.1, 0.15) is 23.1 Å². The van der Waals surface area contributed by atoms with Gasteiger partial charge in [-0.2, -0.15) is 0 Å². The van der Waals surface area contributed by atoms with Crippen molar-refractivity contribution < 1.29 is 14.6 Å². The number of hydrogen-bond donors (Lipinski definition) is 2. The van der Waals surface area contributed by atoms with E-state index in [9.17, 15) is 9.90 Å². The molecule has 120 valence electrons. The van der Waals surface area contributed by atoms with Crippen LogP contribution in [-0.4, -0.2) is 24.4 Å². The fourth-order valence-electron chi connectivity index (χ4n) is 3.18. The molecule has 0 saturated heterocycles. The highest BCUT2D eigenvalue weighted by atomic mass is 16.5. The topological polar surface area (TPSA) is 58.6 Å². The zero-order chi connectivity index (χ0) is 16.1. The monoisotopic (exact) mass is 311 g/mol. The largest absolute Gasteiger partial charge is 0.445 e. The Morgan fingerprint density at radius 3 is 2.65 bits per heavy atom. The molecule has 0 spiro atoms. The van der Waals surface area contributed by atoms with Gasteiger partial charge in [-0.3, -0.25) is 0 Å². The van der Waals surface area contributed by atoms with Gasteiger partial charge in [-0.05, 0) is 29.5 Å². The molecule has 1 amide bonds. The van der Waals surface area contributed by atoms with Gasteiger partial charge in [0.1, 0.15) is 6.61 Å². The van der Waals surface area contributed by atoms with Gasteiger partial charge in [0, 0.05) is 12.0 Å². The Morgan fingerprint density at radius 2 is 1.87 bits per heavy atom. The summed E-state index contributed by atoms with van der Waals surface area (Å²) < 4.78 is 5.23. The fraction of sp³-hybridized carbons (Fsp3) is 0.316. The minimum Gasteiger partial charge on any atom is -0.445 e. The highest BCUT2D eigenvalue weighted by Crippen LogP contribution is 2.38. The molecule has 0 bridgehead atoms. The Balaban J connectivity index is 1.58. The normalized spacial score (nSPS) is 19.2. The van der Waals surface area contributed by atoms with Crippen LogP contribution >= 0.6 is 0 Å². The molecular weight excluding hydrogens is 290 g/mol. The lowest BCUT2D eigenvalue weighted by Gasteiger charge is -2.28. The third-order valence-corrected chi connectivity index (χ3v) is 4.55. The van der Waals surface area contributed by atoms with Gasteiger partial charge >= 0.3 is 6.09 Å². The van der Waals surface area contributed by atoms with Gasteiger partial charge in [0.15, 0.2) is 0 Å². The summed E-state index contributed by atoms with van der Waals surface area (Å²) in [6.45, 7) is 0.645. The molecule has 1 atom stereocenters. The van der Waals surface area contributed by atoms with Crippen molar-refractivity contribution in [3.63, 3.8) is 0 Å². The number of alkyl carbamates (subject to hydrolysis) is 1. The molecule has 1 unspecified atom stereocenters. The first-order chi connectivity index (χ1) is 11.2. The van der Waals surface area contributed by atoms with Crippen molar-refractivity contribution in [2.45, 2.75) is 24.9 Å². The van der Waals surface area contributed by atoms with E-state index in [1.807, 2.05) is 48.5 Å². The number of aliphatic hydroxyl groups is 1. The van der Waals surface area contributed by atoms with Crippen LogP contribution in [0.4, 0.5) is 4.79 Å². The zero-order valence-corrected chi connectivity index (χ0v) is 13.0. The van der Waals surface area contributed by atoms with E-state index >= 15 is 0 Å². The summed E-state index contributed by atoms with van der Waals surface area (Å²) in [6, 6.07) is 17.7. The molecule has 0 aliphatic heterocycles. The summed E-state index contributed by atoms with van der Waals surface area (Å²) in [5, 5.41) is 12.7. The summed E-state index contributed by atoms with van der Waals surface area (Å²) in [7, 11) is 0. The second-order valence-electron chi connectivity index (χ2n) is 6.01.